The quantitative estimate of drug-likeness (QED) is 0.789. The summed E-state index contributed by atoms with van der Waals surface area (Å²) < 4.78 is 2.06. The summed E-state index contributed by atoms with van der Waals surface area (Å²) in [4.78, 5) is 5.69. The topological polar surface area (TPSA) is 29.9 Å². The molecule has 1 N–H and O–H groups in total. The minimum absolute atomic E-state index is 0.334. The smallest absolute Gasteiger partial charge is 0.203 e. The Morgan fingerprint density at radius 1 is 1.65 bits per heavy atom. The van der Waals surface area contributed by atoms with E-state index in [0.29, 0.717) is 6.04 Å². The highest BCUT2D eigenvalue weighted by Gasteiger charge is 2.12. The van der Waals surface area contributed by atoms with Gasteiger partial charge in [0.25, 0.3) is 0 Å². The highest BCUT2D eigenvalue weighted by molar-refractivity contribution is 7.10. The Bertz CT molecular complexity index is 459. The van der Waals surface area contributed by atoms with Crippen molar-refractivity contribution in [2.75, 3.05) is 5.32 Å². The van der Waals surface area contributed by atoms with E-state index >= 15 is 0 Å². The standard InChI is InChI=1S/C13H17N3S/c1-3-8-16-9-7-14-13(16)15-11(4-2)12-6-5-10-17-12/h3,5-7,9-11H,1,4,8H2,2H3,(H,14,15). The van der Waals surface area contributed by atoms with Crippen molar-refractivity contribution < 1.29 is 0 Å². The maximum Gasteiger partial charge on any atom is 0.203 e. The molecule has 0 aliphatic heterocycles. The first kappa shape index (κ1) is 11.9. The first-order valence-electron chi connectivity index (χ1n) is 5.77. The predicted molar refractivity (Wildman–Crippen MR) is 73.4 cm³/mol. The lowest BCUT2D eigenvalue weighted by atomic mass is 10.2. The maximum atomic E-state index is 4.34. The molecule has 2 heterocycles. The highest BCUT2D eigenvalue weighted by Crippen LogP contribution is 2.25. The number of hydrogen-bond acceptors (Lipinski definition) is 3. The minimum atomic E-state index is 0.334. The van der Waals surface area contributed by atoms with Crippen LogP contribution in [0.1, 0.15) is 24.3 Å². The van der Waals surface area contributed by atoms with Gasteiger partial charge in [0, 0.05) is 23.8 Å². The minimum Gasteiger partial charge on any atom is -0.348 e. The third-order valence-electron chi connectivity index (χ3n) is 2.64. The van der Waals surface area contributed by atoms with Crippen LogP contribution in [0.2, 0.25) is 0 Å². The number of nitrogens with zero attached hydrogens (tertiary/aromatic N) is 2. The van der Waals surface area contributed by atoms with Gasteiger partial charge in [-0.2, -0.15) is 0 Å². The normalized spacial score (nSPS) is 12.3. The number of hydrogen-bond donors (Lipinski definition) is 1. The average molecular weight is 247 g/mol. The van der Waals surface area contributed by atoms with Gasteiger partial charge in [0.05, 0.1) is 6.04 Å². The zero-order valence-electron chi connectivity index (χ0n) is 9.97. The summed E-state index contributed by atoms with van der Waals surface area (Å²) in [6.45, 7) is 6.71. The molecule has 2 rings (SSSR count). The lowest BCUT2D eigenvalue weighted by molar-refractivity contribution is 0.727. The largest absolute Gasteiger partial charge is 0.348 e. The van der Waals surface area contributed by atoms with Crippen LogP contribution in [0.4, 0.5) is 5.95 Å². The van der Waals surface area contributed by atoms with Gasteiger partial charge in [0.1, 0.15) is 0 Å². The molecule has 0 fully saturated rings. The second kappa shape index (κ2) is 5.68. The van der Waals surface area contributed by atoms with Crippen molar-refractivity contribution in [3.8, 4) is 0 Å². The van der Waals surface area contributed by atoms with Crippen LogP contribution in [-0.4, -0.2) is 9.55 Å². The molecule has 3 nitrogen and oxygen atoms in total. The first-order chi connectivity index (χ1) is 8.35. The Balaban J connectivity index is 2.13. The van der Waals surface area contributed by atoms with E-state index in [0.717, 1.165) is 18.9 Å². The van der Waals surface area contributed by atoms with Crippen LogP contribution < -0.4 is 5.32 Å². The second-order valence-electron chi connectivity index (χ2n) is 3.81. The van der Waals surface area contributed by atoms with Gasteiger partial charge < -0.3 is 9.88 Å². The predicted octanol–water partition coefficient (Wildman–Crippen LogP) is 3.69. The lowest BCUT2D eigenvalue weighted by Crippen LogP contribution is -2.12. The van der Waals surface area contributed by atoms with Gasteiger partial charge in [0.15, 0.2) is 0 Å². The van der Waals surface area contributed by atoms with Gasteiger partial charge in [-0.3, -0.25) is 0 Å². The van der Waals surface area contributed by atoms with E-state index in [-0.39, 0.29) is 0 Å². The molecular formula is C13H17N3S. The number of rotatable bonds is 6. The van der Waals surface area contributed by atoms with Crippen LogP contribution in [0, 0.1) is 0 Å². The van der Waals surface area contributed by atoms with Gasteiger partial charge >= 0.3 is 0 Å². The van der Waals surface area contributed by atoms with Crippen LogP contribution in [0.3, 0.4) is 0 Å². The van der Waals surface area contributed by atoms with Crippen LogP contribution in [0.15, 0.2) is 42.6 Å². The molecule has 4 heteroatoms. The van der Waals surface area contributed by atoms with Crippen LogP contribution in [0.5, 0.6) is 0 Å². The number of imidazole rings is 1. The summed E-state index contributed by atoms with van der Waals surface area (Å²) in [7, 11) is 0. The molecule has 0 bridgehead atoms. The summed E-state index contributed by atoms with van der Waals surface area (Å²) >= 11 is 1.78. The van der Waals surface area contributed by atoms with Gasteiger partial charge in [-0.1, -0.05) is 19.1 Å². The first-order valence-corrected chi connectivity index (χ1v) is 6.65. The lowest BCUT2D eigenvalue weighted by Gasteiger charge is -2.16. The molecule has 0 radical (unpaired) electrons. The van der Waals surface area contributed by atoms with E-state index in [1.165, 1.54) is 4.88 Å². The number of anilines is 1. The van der Waals surface area contributed by atoms with Crippen molar-refractivity contribution in [2.45, 2.75) is 25.9 Å². The molecule has 2 aromatic heterocycles. The number of nitrogens with one attached hydrogen (secondary N) is 1. The molecular weight excluding hydrogens is 230 g/mol. The molecule has 1 atom stereocenters. The van der Waals surface area contributed by atoms with E-state index in [4.69, 9.17) is 0 Å². The zero-order chi connectivity index (χ0) is 12.1. The number of thiophene rings is 1. The third kappa shape index (κ3) is 2.77. The van der Waals surface area contributed by atoms with E-state index in [2.05, 4.69) is 45.9 Å². The van der Waals surface area contributed by atoms with E-state index in [1.807, 2.05) is 18.5 Å². The van der Waals surface area contributed by atoms with Crippen molar-refractivity contribution in [1.82, 2.24) is 9.55 Å². The molecule has 0 saturated heterocycles. The van der Waals surface area contributed by atoms with Crippen molar-refractivity contribution in [3.63, 3.8) is 0 Å². The summed E-state index contributed by atoms with van der Waals surface area (Å²) in [6.07, 6.45) is 6.69. The zero-order valence-corrected chi connectivity index (χ0v) is 10.8. The molecule has 0 aromatic carbocycles. The fourth-order valence-corrected chi connectivity index (χ4v) is 2.62. The van der Waals surface area contributed by atoms with E-state index < -0.39 is 0 Å². The Kier molecular flexibility index (Phi) is 3.98. The number of allylic oxidation sites excluding steroid dienone is 1. The van der Waals surface area contributed by atoms with Gasteiger partial charge in [-0.15, -0.1) is 17.9 Å². The monoisotopic (exact) mass is 247 g/mol. The Morgan fingerprint density at radius 3 is 3.18 bits per heavy atom. The van der Waals surface area contributed by atoms with Gasteiger partial charge in [0.2, 0.25) is 5.95 Å². The fourth-order valence-electron chi connectivity index (χ4n) is 1.76. The summed E-state index contributed by atoms with van der Waals surface area (Å²) in [6, 6.07) is 4.58. The number of aromatic nitrogens is 2. The summed E-state index contributed by atoms with van der Waals surface area (Å²) in [5, 5.41) is 5.59. The Labute approximate surface area is 106 Å². The molecule has 90 valence electrons. The molecule has 1 unspecified atom stereocenters. The van der Waals surface area contributed by atoms with Crippen molar-refractivity contribution in [3.05, 3.63) is 47.4 Å². The Morgan fingerprint density at radius 2 is 2.53 bits per heavy atom. The molecule has 17 heavy (non-hydrogen) atoms. The second-order valence-corrected chi connectivity index (χ2v) is 4.79. The van der Waals surface area contributed by atoms with Crippen molar-refractivity contribution in [1.29, 1.82) is 0 Å². The molecule has 0 spiro atoms. The van der Waals surface area contributed by atoms with Crippen LogP contribution in [0.25, 0.3) is 0 Å². The average Bonchev–Trinajstić information content (AvgIpc) is 2.97. The molecule has 0 saturated carbocycles. The summed E-state index contributed by atoms with van der Waals surface area (Å²) in [5.74, 6) is 0.908. The maximum absolute atomic E-state index is 4.34. The molecule has 2 aromatic rings. The molecule has 0 aliphatic carbocycles. The van der Waals surface area contributed by atoms with Gasteiger partial charge in [-0.05, 0) is 17.9 Å². The van der Waals surface area contributed by atoms with Crippen molar-refractivity contribution in [2.24, 2.45) is 0 Å². The third-order valence-corrected chi connectivity index (χ3v) is 3.63. The SMILES string of the molecule is C=CCn1ccnc1NC(CC)c1cccs1. The van der Waals surface area contributed by atoms with E-state index in [9.17, 15) is 0 Å². The fraction of sp³-hybridized carbons (Fsp3) is 0.308. The van der Waals surface area contributed by atoms with Crippen LogP contribution in [-0.2, 0) is 6.54 Å². The Hall–Kier alpha value is -1.55. The van der Waals surface area contributed by atoms with E-state index in [1.54, 1.807) is 11.3 Å². The molecule has 0 amide bonds. The van der Waals surface area contributed by atoms with Gasteiger partial charge in [-0.25, -0.2) is 4.98 Å². The highest BCUT2D eigenvalue weighted by atomic mass is 32.1. The summed E-state index contributed by atoms with van der Waals surface area (Å²) in [5.41, 5.74) is 0. The van der Waals surface area contributed by atoms with Crippen molar-refractivity contribution >= 4 is 17.3 Å². The molecule has 0 aliphatic rings. The van der Waals surface area contributed by atoms with Crippen LogP contribution >= 0.6 is 11.3 Å².